The zero-order chi connectivity index (χ0) is 14.7. The highest BCUT2D eigenvalue weighted by Crippen LogP contribution is 2.24. The zero-order valence-electron chi connectivity index (χ0n) is 10.9. The Bertz CT molecular complexity index is 537. The Morgan fingerprint density at radius 2 is 2.45 bits per heavy atom. The van der Waals surface area contributed by atoms with Crippen LogP contribution >= 0.6 is 11.6 Å². The lowest BCUT2D eigenvalue weighted by Gasteiger charge is -2.35. The fraction of sp³-hybridized carbons (Fsp3) is 0.500. The molecule has 1 amide bonds. The number of hydrogen-bond acceptors (Lipinski definition) is 5. The Labute approximate surface area is 120 Å². The molecule has 1 aliphatic rings. The number of halogens is 1. The monoisotopic (exact) mass is 299 g/mol. The van der Waals surface area contributed by atoms with Gasteiger partial charge in [0.15, 0.2) is 0 Å². The molecule has 1 aliphatic heterocycles. The first-order chi connectivity index (χ1) is 9.54. The van der Waals surface area contributed by atoms with Gasteiger partial charge in [0.05, 0.1) is 24.2 Å². The second-order valence-corrected chi connectivity index (χ2v) is 4.80. The first kappa shape index (κ1) is 14.7. The number of nitro groups is 1. The van der Waals surface area contributed by atoms with Crippen LogP contribution in [0.25, 0.3) is 0 Å². The van der Waals surface area contributed by atoms with Crippen molar-refractivity contribution >= 4 is 23.2 Å². The summed E-state index contributed by atoms with van der Waals surface area (Å²) in [4.78, 5) is 28.2. The van der Waals surface area contributed by atoms with Gasteiger partial charge in [-0.15, -0.1) is 0 Å². The highest BCUT2D eigenvalue weighted by atomic mass is 35.5. The van der Waals surface area contributed by atoms with Crippen LogP contribution in [0.4, 0.5) is 5.69 Å². The lowest BCUT2D eigenvalue weighted by atomic mass is 10.1. The molecular formula is C12H14ClN3O4. The van der Waals surface area contributed by atoms with Gasteiger partial charge in [0.2, 0.25) is 0 Å². The highest BCUT2D eigenvalue weighted by Gasteiger charge is 2.31. The van der Waals surface area contributed by atoms with Gasteiger partial charge in [0.1, 0.15) is 16.9 Å². The molecule has 0 aromatic carbocycles. The van der Waals surface area contributed by atoms with Crippen molar-refractivity contribution in [2.75, 3.05) is 19.8 Å². The number of morpholine rings is 1. The van der Waals surface area contributed by atoms with Crippen LogP contribution in [0.2, 0.25) is 5.15 Å². The Kier molecular flexibility index (Phi) is 4.51. The van der Waals surface area contributed by atoms with Crippen LogP contribution < -0.4 is 0 Å². The largest absolute Gasteiger partial charge is 0.377 e. The van der Waals surface area contributed by atoms with Gasteiger partial charge >= 0.3 is 0 Å². The fourth-order valence-electron chi connectivity index (χ4n) is 2.15. The molecule has 7 nitrogen and oxygen atoms in total. The standard InChI is InChI=1S/C12H14ClN3O4/c1-2-8-7-20-4-3-15(8)12(17)9-5-11(13)14-6-10(9)16(18)19/h5-6,8H,2-4,7H2,1H3. The van der Waals surface area contributed by atoms with E-state index in [1.807, 2.05) is 6.92 Å². The molecule has 20 heavy (non-hydrogen) atoms. The van der Waals surface area contributed by atoms with Crippen LogP contribution in [0.3, 0.4) is 0 Å². The highest BCUT2D eigenvalue weighted by molar-refractivity contribution is 6.29. The Balaban J connectivity index is 2.36. The molecule has 2 heterocycles. The number of hydrogen-bond donors (Lipinski definition) is 0. The van der Waals surface area contributed by atoms with E-state index in [2.05, 4.69) is 4.98 Å². The molecule has 0 N–H and O–H groups in total. The smallest absolute Gasteiger partial charge is 0.300 e. The molecule has 1 saturated heterocycles. The molecule has 0 saturated carbocycles. The van der Waals surface area contributed by atoms with Gasteiger partial charge in [-0.1, -0.05) is 18.5 Å². The Morgan fingerprint density at radius 1 is 1.70 bits per heavy atom. The number of aromatic nitrogens is 1. The number of carbonyl (C=O) groups is 1. The van der Waals surface area contributed by atoms with Crippen molar-refractivity contribution in [2.24, 2.45) is 0 Å². The molecule has 0 spiro atoms. The van der Waals surface area contributed by atoms with Crippen molar-refractivity contribution in [1.82, 2.24) is 9.88 Å². The first-order valence-electron chi connectivity index (χ1n) is 6.23. The van der Waals surface area contributed by atoms with E-state index in [0.717, 1.165) is 12.6 Å². The van der Waals surface area contributed by atoms with Crippen molar-refractivity contribution in [3.05, 3.63) is 33.1 Å². The van der Waals surface area contributed by atoms with E-state index in [4.69, 9.17) is 16.3 Å². The summed E-state index contributed by atoms with van der Waals surface area (Å²) in [5.41, 5.74) is -0.365. The van der Waals surface area contributed by atoms with Crippen molar-refractivity contribution < 1.29 is 14.5 Å². The number of nitrogens with zero attached hydrogens (tertiary/aromatic N) is 3. The third-order valence-electron chi connectivity index (χ3n) is 3.24. The normalized spacial score (nSPS) is 18.9. The van der Waals surface area contributed by atoms with E-state index < -0.39 is 10.8 Å². The van der Waals surface area contributed by atoms with Gasteiger partial charge in [-0.2, -0.15) is 0 Å². The molecule has 1 aromatic rings. The maximum Gasteiger partial charge on any atom is 0.300 e. The molecule has 108 valence electrons. The van der Waals surface area contributed by atoms with E-state index in [9.17, 15) is 14.9 Å². The second-order valence-electron chi connectivity index (χ2n) is 4.42. The maximum atomic E-state index is 12.5. The first-order valence-corrected chi connectivity index (χ1v) is 6.61. The third kappa shape index (κ3) is 2.88. The maximum absolute atomic E-state index is 12.5. The molecule has 8 heteroatoms. The van der Waals surface area contributed by atoms with Gasteiger partial charge in [-0.3, -0.25) is 14.9 Å². The summed E-state index contributed by atoms with van der Waals surface area (Å²) in [7, 11) is 0. The van der Waals surface area contributed by atoms with Crippen LogP contribution in [0.5, 0.6) is 0 Å². The summed E-state index contributed by atoms with van der Waals surface area (Å²) in [6.07, 6.45) is 1.73. The predicted molar refractivity (Wildman–Crippen MR) is 71.8 cm³/mol. The van der Waals surface area contributed by atoms with Crippen LogP contribution in [0, 0.1) is 10.1 Å². The molecule has 1 atom stereocenters. The summed E-state index contributed by atoms with van der Waals surface area (Å²) in [6, 6.07) is 1.16. The number of ether oxygens (including phenoxy) is 1. The Hall–Kier alpha value is -1.73. The lowest BCUT2D eigenvalue weighted by Crippen LogP contribution is -2.48. The lowest BCUT2D eigenvalue weighted by molar-refractivity contribution is -0.385. The number of pyridine rings is 1. The summed E-state index contributed by atoms with van der Waals surface area (Å²) >= 11 is 5.75. The minimum atomic E-state index is -0.627. The average Bonchev–Trinajstić information content (AvgIpc) is 2.46. The van der Waals surface area contributed by atoms with Crippen LogP contribution in [0.1, 0.15) is 23.7 Å². The van der Waals surface area contributed by atoms with Gasteiger partial charge < -0.3 is 9.64 Å². The SMILES string of the molecule is CCC1COCCN1C(=O)c1cc(Cl)ncc1[N+](=O)[O-]. The summed E-state index contributed by atoms with van der Waals surface area (Å²) in [6.45, 7) is 3.21. The molecule has 0 bridgehead atoms. The van der Waals surface area contributed by atoms with Crippen LogP contribution in [0.15, 0.2) is 12.3 Å². The quantitative estimate of drug-likeness (QED) is 0.483. The van der Waals surface area contributed by atoms with E-state index >= 15 is 0 Å². The van der Waals surface area contributed by atoms with Crippen molar-refractivity contribution in [1.29, 1.82) is 0 Å². The second kappa shape index (κ2) is 6.15. The summed E-state index contributed by atoms with van der Waals surface area (Å²) in [5, 5.41) is 11.1. The summed E-state index contributed by atoms with van der Waals surface area (Å²) in [5.74, 6) is -0.406. The topological polar surface area (TPSA) is 85.6 Å². The minimum absolute atomic E-state index is 0.0321. The van der Waals surface area contributed by atoms with Gasteiger partial charge in [-0.05, 0) is 12.5 Å². The fourth-order valence-corrected chi connectivity index (χ4v) is 2.31. The minimum Gasteiger partial charge on any atom is -0.377 e. The van der Waals surface area contributed by atoms with Crippen molar-refractivity contribution in [2.45, 2.75) is 19.4 Å². The van der Waals surface area contributed by atoms with E-state index in [1.54, 1.807) is 4.90 Å². The molecule has 0 radical (unpaired) electrons. The van der Waals surface area contributed by atoms with Gasteiger partial charge in [0, 0.05) is 6.54 Å². The Morgan fingerprint density at radius 3 is 3.10 bits per heavy atom. The van der Waals surface area contributed by atoms with Crippen molar-refractivity contribution in [3.8, 4) is 0 Å². The number of amides is 1. The zero-order valence-corrected chi connectivity index (χ0v) is 11.7. The van der Waals surface area contributed by atoms with E-state index in [0.29, 0.717) is 19.8 Å². The number of rotatable bonds is 3. The summed E-state index contributed by atoms with van der Waals surface area (Å²) < 4.78 is 5.32. The van der Waals surface area contributed by atoms with Crippen molar-refractivity contribution in [3.63, 3.8) is 0 Å². The molecule has 0 aliphatic carbocycles. The van der Waals surface area contributed by atoms with Crippen LogP contribution in [-0.2, 0) is 4.74 Å². The number of carbonyl (C=O) groups excluding carboxylic acids is 1. The van der Waals surface area contributed by atoms with E-state index in [1.165, 1.54) is 6.07 Å². The van der Waals surface area contributed by atoms with Crippen LogP contribution in [-0.4, -0.2) is 46.5 Å². The molecule has 2 rings (SSSR count). The van der Waals surface area contributed by atoms with Gasteiger partial charge in [0.25, 0.3) is 11.6 Å². The predicted octanol–water partition coefficient (Wildman–Crippen LogP) is 1.89. The third-order valence-corrected chi connectivity index (χ3v) is 3.44. The average molecular weight is 300 g/mol. The molecule has 1 aromatic heterocycles. The molecule has 1 unspecified atom stereocenters. The van der Waals surface area contributed by atoms with E-state index in [-0.39, 0.29) is 22.4 Å². The van der Waals surface area contributed by atoms with Gasteiger partial charge in [-0.25, -0.2) is 4.98 Å². The molecule has 1 fully saturated rings. The molecular weight excluding hydrogens is 286 g/mol.